The highest BCUT2D eigenvalue weighted by atomic mass is 19.1. The Morgan fingerprint density at radius 2 is 1.82 bits per heavy atom. The van der Waals surface area contributed by atoms with Gasteiger partial charge in [0.25, 0.3) is 0 Å². The third kappa shape index (κ3) is 2.73. The molecule has 0 atom stereocenters. The molecule has 0 aliphatic rings. The molecule has 3 nitrogen and oxygen atoms in total. The molecule has 2 aromatic rings. The number of aliphatic hydroxyl groups is 1. The van der Waals surface area contributed by atoms with Crippen molar-refractivity contribution in [3.05, 3.63) is 54.4 Å². The Bertz CT molecular complexity index is 509. The van der Waals surface area contributed by atoms with Crippen LogP contribution in [0.25, 0.3) is 17.2 Å². The fourth-order valence-electron chi connectivity index (χ4n) is 1.39. The highest BCUT2D eigenvalue weighted by Crippen LogP contribution is 2.17. The average Bonchev–Trinajstić information content (AvgIpc) is 2.40. The van der Waals surface area contributed by atoms with Crippen molar-refractivity contribution in [3.63, 3.8) is 0 Å². The SMILES string of the molecule is OC/C=C(\F)c1cnc(-c2ccccc2)nc1. The molecule has 17 heavy (non-hydrogen) atoms. The summed E-state index contributed by atoms with van der Waals surface area (Å²) in [7, 11) is 0. The first kappa shape index (κ1) is 11.4. The molecule has 0 spiro atoms. The van der Waals surface area contributed by atoms with Crippen molar-refractivity contribution in [2.24, 2.45) is 0 Å². The highest BCUT2D eigenvalue weighted by Gasteiger charge is 2.03. The molecule has 0 saturated carbocycles. The van der Waals surface area contributed by atoms with Crippen LogP contribution in [0, 0.1) is 0 Å². The van der Waals surface area contributed by atoms with E-state index in [9.17, 15) is 4.39 Å². The lowest BCUT2D eigenvalue weighted by molar-refractivity contribution is 0.342. The van der Waals surface area contributed by atoms with E-state index in [1.165, 1.54) is 12.4 Å². The quantitative estimate of drug-likeness (QED) is 0.880. The van der Waals surface area contributed by atoms with E-state index in [2.05, 4.69) is 9.97 Å². The molecular formula is C13H11FN2O. The average molecular weight is 230 g/mol. The van der Waals surface area contributed by atoms with Gasteiger partial charge in [0.05, 0.1) is 6.61 Å². The van der Waals surface area contributed by atoms with Gasteiger partial charge in [0.15, 0.2) is 5.82 Å². The first-order valence-electron chi connectivity index (χ1n) is 5.15. The summed E-state index contributed by atoms with van der Waals surface area (Å²) >= 11 is 0. The van der Waals surface area contributed by atoms with Crippen LogP contribution >= 0.6 is 0 Å². The zero-order valence-corrected chi connectivity index (χ0v) is 9.05. The minimum absolute atomic E-state index is 0.263. The van der Waals surface area contributed by atoms with Gasteiger partial charge in [0, 0.05) is 23.5 Å². The number of rotatable bonds is 3. The summed E-state index contributed by atoms with van der Waals surface area (Å²) in [4.78, 5) is 8.16. The Hall–Kier alpha value is -2.07. The molecule has 0 amide bonds. The third-order valence-electron chi connectivity index (χ3n) is 2.23. The lowest BCUT2D eigenvalue weighted by atomic mass is 10.2. The largest absolute Gasteiger partial charge is 0.392 e. The van der Waals surface area contributed by atoms with Gasteiger partial charge in [-0.05, 0) is 6.08 Å². The van der Waals surface area contributed by atoms with Gasteiger partial charge in [-0.15, -0.1) is 0 Å². The van der Waals surface area contributed by atoms with Gasteiger partial charge in [-0.3, -0.25) is 0 Å². The summed E-state index contributed by atoms with van der Waals surface area (Å²) in [6.45, 7) is -0.341. The predicted octanol–water partition coefficient (Wildman–Crippen LogP) is 2.45. The normalized spacial score (nSPS) is 11.5. The van der Waals surface area contributed by atoms with Crippen LogP contribution in [-0.2, 0) is 0 Å². The van der Waals surface area contributed by atoms with Crippen molar-refractivity contribution in [1.82, 2.24) is 9.97 Å². The molecule has 1 N–H and O–H groups in total. The molecule has 86 valence electrons. The van der Waals surface area contributed by atoms with Crippen LogP contribution in [0.15, 0.2) is 48.8 Å². The van der Waals surface area contributed by atoms with Gasteiger partial charge in [0.1, 0.15) is 5.83 Å². The van der Waals surface area contributed by atoms with E-state index in [0.29, 0.717) is 5.82 Å². The van der Waals surface area contributed by atoms with Gasteiger partial charge in [-0.2, -0.15) is 0 Å². The van der Waals surface area contributed by atoms with E-state index < -0.39 is 5.83 Å². The first-order chi connectivity index (χ1) is 8.31. The summed E-state index contributed by atoms with van der Waals surface area (Å²) in [6, 6.07) is 9.45. The highest BCUT2D eigenvalue weighted by molar-refractivity contribution is 5.60. The molecule has 4 heteroatoms. The summed E-state index contributed by atoms with van der Waals surface area (Å²) in [5.74, 6) is 0.0262. The maximum atomic E-state index is 13.3. The lowest BCUT2D eigenvalue weighted by Crippen LogP contribution is -1.91. The zero-order chi connectivity index (χ0) is 12.1. The summed E-state index contributed by atoms with van der Waals surface area (Å²) in [6.07, 6.45) is 3.87. The fourth-order valence-corrected chi connectivity index (χ4v) is 1.39. The van der Waals surface area contributed by atoms with Crippen molar-refractivity contribution in [1.29, 1.82) is 0 Å². The molecule has 0 aliphatic heterocycles. The van der Waals surface area contributed by atoms with Crippen LogP contribution < -0.4 is 0 Å². The van der Waals surface area contributed by atoms with E-state index in [-0.39, 0.29) is 12.2 Å². The Labute approximate surface area is 98.3 Å². The van der Waals surface area contributed by atoms with Crippen molar-refractivity contribution in [3.8, 4) is 11.4 Å². The van der Waals surface area contributed by atoms with Crippen LogP contribution in [0.4, 0.5) is 4.39 Å². The smallest absolute Gasteiger partial charge is 0.159 e. The monoisotopic (exact) mass is 230 g/mol. The van der Waals surface area contributed by atoms with E-state index >= 15 is 0 Å². The second-order valence-electron chi connectivity index (χ2n) is 3.40. The van der Waals surface area contributed by atoms with Gasteiger partial charge >= 0.3 is 0 Å². The molecule has 0 fully saturated rings. The van der Waals surface area contributed by atoms with Crippen molar-refractivity contribution >= 4 is 5.83 Å². The van der Waals surface area contributed by atoms with Crippen LogP contribution in [0.1, 0.15) is 5.56 Å². The number of aliphatic hydroxyl groups excluding tert-OH is 1. The molecular weight excluding hydrogens is 219 g/mol. The van der Waals surface area contributed by atoms with Gasteiger partial charge < -0.3 is 5.11 Å². The van der Waals surface area contributed by atoms with Crippen molar-refractivity contribution in [2.45, 2.75) is 0 Å². The molecule has 0 saturated heterocycles. The van der Waals surface area contributed by atoms with E-state index in [4.69, 9.17) is 5.11 Å². The molecule has 1 heterocycles. The van der Waals surface area contributed by atoms with Crippen LogP contribution in [0.2, 0.25) is 0 Å². The Morgan fingerprint density at radius 1 is 1.18 bits per heavy atom. The van der Waals surface area contributed by atoms with Crippen molar-refractivity contribution < 1.29 is 9.50 Å². The van der Waals surface area contributed by atoms with Crippen LogP contribution in [0.3, 0.4) is 0 Å². The summed E-state index contributed by atoms with van der Waals surface area (Å²) in [5, 5.41) is 8.57. The third-order valence-corrected chi connectivity index (χ3v) is 2.23. The Kier molecular flexibility index (Phi) is 3.57. The molecule has 2 rings (SSSR count). The molecule has 0 unspecified atom stereocenters. The number of aromatic nitrogens is 2. The van der Waals surface area contributed by atoms with Crippen LogP contribution in [-0.4, -0.2) is 21.7 Å². The van der Waals surface area contributed by atoms with Gasteiger partial charge in [-0.25, -0.2) is 14.4 Å². The maximum absolute atomic E-state index is 13.3. The number of nitrogens with zero attached hydrogens (tertiary/aromatic N) is 2. The molecule has 0 radical (unpaired) electrons. The summed E-state index contributed by atoms with van der Waals surface area (Å²) < 4.78 is 13.3. The van der Waals surface area contributed by atoms with E-state index in [0.717, 1.165) is 11.6 Å². The maximum Gasteiger partial charge on any atom is 0.159 e. The number of halogens is 1. The number of hydrogen-bond donors (Lipinski definition) is 1. The number of hydrogen-bond acceptors (Lipinski definition) is 3. The molecule has 1 aromatic carbocycles. The number of benzene rings is 1. The van der Waals surface area contributed by atoms with Crippen LogP contribution in [0.5, 0.6) is 0 Å². The molecule has 0 aliphatic carbocycles. The minimum Gasteiger partial charge on any atom is -0.392 e. The molecule has 0 bridgehead atoms. The lowest BCUT2D eigenvalue weighted by Gasteiger charge is -2.00. The predicted molar refractivity (Wildman–Crippen MR) is 63.6 cm³/mol. The van der Waals surface area contributed by atoms with Gasteiger partial charge in [0.2, 0.25) is 0 Å². The minimum atomic E-state index is -0.521. The van der Waals surface area contributed by atoms with Gasteiger partial charge in [-0.1, -0.05) is 30.3 Å². The van der Waals surface area contributed by atoms with Crippen molar-refractivity contribution in [2.75, 3.05) is 6.61 Å². The molecule has 1 aromatic heterocycles. The topological polar surface area (TPSA) is 46.0 Å². The Balaban J connectivity index is 2.28. The standard InChI is InChI=1S/C13H11FN2O/c14-12(6-7-17)11-8-15-13(16-9-11)10-4-2-1-3-5-10/h1-6,8-9,17H,7H2/b12-6-. The van der Waals surface area contributed by atoms with E-state index in [1.807, 2.05) is 30.3 Å². The summed E-state index contributed by atoms with van der Waals surface area (Å²) in [5.41, 5.74) is 1.14. The Morgan fingerprint density at radius 3 is 2.41 bits per heavy atom. The zero-order valence-electron chi connectivity index (χ0n) is 9.05. The fraction of sp³-hybridized carbons (Fsp3) is 0.0769. The first-order valence-corrected chi connectivity index (χ1v) is 5.15. The van der Waals surface area contributed by atoms with E-state index in [1.54, 1.807) is 0 Å². The second kappa shape index (κ2) is 5.32. The second-order valence-corrected chi connectivity index (χ2v) is 3.40.